The molecule has 1 aliphatic rings. The Morgan fingerprint density at radius 2 is 2.05 bits per heavy atom. The van der Waals surface area contributed by atoms with E-state index in [1.165, 1.54) is 38.4 Å². The number of hydrogen-bond acceptors (Lipinski definition) is 5. The van der Waals surface area contributed by atoms with Crippen LogP contribution in [-0.4, -0.2) is 22.6 Å². The molecule has 106 valence electrons. The zero-order valence-corrected chi connectivity index (χ0v) is 11.9. The molecule has 19 heavy (non-hydrogen) atoms. The second-order valence-corrected chi connectivity index (χ2v) is 5.63. The number of nitrogens with one attached hydrogen (secondary N) is 1. The molecule has 0 radical (unpaired) electrons. The number of aromatic nitrogens is 2. The molecule has 0 amide bonds. The number of nitrogens with two attached hydrogens (primary N) is 1. The summed E-state index contributed by atoms with van der Waals surface area (Å²) in [6.07, 6.45) is 7.77. The van der Waals surface area contributed by atoms with Crippen molar-refractivity contribution in [3.63, 3.8) is 0 Å². The van der Waals surface area contributed by atoms with E-state index < -0.39 is 0 Å². The van der Waals surface area contributed by atoms with Crippen LogP contribution >= 0.6 is 0 Å². The maximum absolute atomic E-state index is 6.07. The van der Waals surface area contributed by atoms with E-state index in [0.717, 1.165) is 0 Å². The smallest absolute Gasteiger partial charge is 0.242 e. The topological polar surface area (TPSA) is 73.1 Å². The van der Waals surface area contributed by atoms with Crippen LogP contribution in [-0.2, 0) is 0 Å². The van der Waals surface area contributed by atoms with E-state index in [0.29, 0.717) is 36.0 Å². The molecule has 0 bridgehead atoms. The Morgan fingerprint density at radius 3 is 2.74 bits per heavy atom. The van der Waals surface area contributed by atoms with Crippen LogP contribution in [0, 0.1) is 5.92 Å². The predicted octanol–water partition coefficient (Wildman–Crippen LogP) is 2.84. The summed E-state index contributed by atoms with van der Waals surface area (Å²) in [5, 5.41) is 3.42. The normalized spacial score (nSPS) is 16.6. The highest BCUT2D eigenvalue weighted by atomic mass is 16.5. The molecule has 1 heterocycles. The third kappa shape index (κ3) is 3.98. The SMILES string of the molecule is CC(C)COc1ncnc(NC2CCCCC2)c1N. The predicted molar refractivity (Wildman–Crippen MR) is 77.3 cm³/mol. The molecule has 0 spiro atoms. The highest BCUT2D eigenvalue weighted by Crippen LogP contribution is 2.28. The van der Waals surface area contributed by atoms with Gasteiger partial charge in [-0.05, 0) is 18.8 Å². The fourth-order valence-electron chi connectivity index (χ4n) is 2.30. The number of nitrogen functional groups attached to an aromatic ring is 1. The van der Waals surface area contributed by atoms with Crippen LogP contribution < -0.4 is 15.8 Å². The fraction of sp³-hybridized carbons (Fsp3) is 0.714. The second kappa shape index (κ2) is 6.59. The Labute approximate surface area is 115 Å². The highest BCUT2D eigenvalue weighted by molar-refractivity contribution is 5.66. The maximum Gasteiger partial charge on any atom is 0.242 e. The van der Waals surface area contributed by atoms with Crippen LogP contribution in [0.15, 0.2) is 6.33 Å². The monoisotopic (exact) mass is 264 g/mol. The lowest BCUT2D eigenvalue weighted by molar-refractivity contribution is 0.262. The maximum atomic E-state index is 6.07. The van der Waals surface area contributed by atoms with Gasteiger partial charge in [0.05, 0.1) is 6.61 Å². The molecule has 0 aliphatic heterocycles. The number of hydrogen-bond donors (Lipinski definition) is 2. The average Bonchev–Trinajstić information content (AvgIpc) is 2.41. The molecule has 1 aliphatic carbocycles. The Bertz CT molecular complexity index is 402. The zero-order valence-electron chi connectivity index (χ0n) is 11.9. The van der Waals surface area contributed by atoms with E-state index >= 15 is 0 Å². The molecule has 5 heteroatoms. The molecular formula is C14H24N4O. The summed E-state index contributed by atoms with van der Waals surface area (Å²) < 4.78 is 5.61. The Hall–Kier alpha value is -1.52. The second-order valence-electron chi connectivity index (χ2n) is 5.63. The molecule has 3 N–H and O–H groups in total. The first-order valence-electron chi connectivity index (χ1n) is 7.16. The van der Waals surface area contributed by atoms with Crippen molar-refractivity contribution in [1.82, 2.24) is 9.97 Å². The third-order valence-electron chi connectivity index (χ3n) is 3.35. The van der Waals surface area contributed by atoms with Gasteiger partial charge in [-0.2, -0.15) is 4.98 Å². The summed E-state index contributed by atoms with van der Waals surface area (Å²) in [4.78, 5) is 8.34. The molecule has 5 nitrogen and oxygen atoms in total. The van der Waals surface area contributed by atoms with Gasteiger partial charge in [-0.15, -0.1) is 0 Å². The highest BCUT2D eigenvalue weighted by Gasteiger charge is 2.16. The number of ether oxygens (including phenoxy) is 1. The number of anilines is 2. The lowest BCUT2D eigenvalue weighted by atomic mass is 9.95. The van der Waals surface area contributed by atoms with Crippen LogP contribution in [0.2, 0.25) is 0 Å². The van der Waals surface area contributed by atoms with Crippen molar-refractivity contribution < 1.29 is 4.74 Å². The van der Waals surface area contributed by atoms with Gasteiger partial charge in [-0.1, -0.05) is 33.1 Å². The largest absolute Gasteiger partial charge is 0.476 e. The molecule has 0 unspecified atom stereocenters. The van der Waals surface area contributed by atoms with E-state index in [9.17, 15) is 0 Å². The van der Waals surface area contributed by atoms with Crippen LogP contribution in [0.3, 0.4) is 0 Å². The minimum Gasteiger partial charge on any atom is -0.476 e. The van der Waals surface area contributed by atoms with Gasteiger partial charge in [0.25, 0.3) is 0 Å². The Balaban J connectivity index is 2.01. The summed E-state index contributed by atoms with van der Waals surface area (Å²) in [6, 6.07) is 0.476. The quantitative estimate of drug-likeness (QED) is 0.855. The minimum absolute atomic E-state index is 0.448. The van der Waals surface area contributed by atoms with Crippen LogP contribution in [0.1, 0.15) is 46.0 Å². The summed E-state index contributed by atoms with van der Waals surface area (Å²) >= 11 is 0. The molecule has 2 rings (SSSR count). The first kappa shape index (κ1) is 13.9. The van der Waals surface area contributed by atoms with E-state index in [1.54, 1.807) is 0 Å². The lowest BCUT2D eigenvalue weighted by Gasteiger charge is -2.24. The van der Waals surface area contributed by atoms with Gasteiger partial charge in [0, 0.05) is 6.04 Å². The number of nitrogens with zero attached hydrogens (tertiary/aromatic N) is 2. The van der Waals surface area contributed by atoms with Gasteiger partial charge in [-0.25, -0.2) is 4.98 Å². The van der Waals surface area contributed by atoms with E-state index in [4.69, 9.17) is 10.5 Å². The van der Waals surface area contributed by atoms with Crippen molar-refractivity contribution in [2.24, 2.45) is 5.92 Å². The van der Waals surface area contributed by atoms with E-state index in [1.807, 2.05) is 0 Å². The Morgan fingerprint density at radius 1 is 1.32 bits per heavy atom. The molecule has 0 aromatic carbocycles. The molecular weight excluding hydrogens is 240 g/mol. The minimum atomic E-state index is 0.448. The first-order chi connectivity index (χ1) is 9.16. The molecule has 0 saturated heterocycles. The van der Waals surface area contributed by atoms with Crippen LogP contribution in [0.4, 0.5) is 11.5 Å². The van der Waals surface area contributed by atoms with Crippen LogP contribution in [0.25, 0.3) is 0 Å². The van der Waals surface area contributed by atoms with E-state index in [-0.39, 0.29) is 0 Å². The van der Waals surface area contributed by atoms with Crippen molar-refractivity contribution in [2.45, 2.75) is 52.0 Å². The zero-order chi connectivity index (χ0) is 13.7. The average molecular weight is 264 g/mol. The van der Waals surface area contributed by atoms with Gasteiger partial charge in [0.1, 0.15) is 12.0 Å². The molecule has 1 saturated carbocycles. The van der Waals surface area contributed by atoms with Crippen molar-refractivity contribution >= 4 is 11.5 Å². The summed E-state index contributed by atoms with van der Waals surface area (Å²) in [5.74, 6) is 1.65. The van der Waals surface area contributed by atoms with E-state index in [2.05, 4.69) is 29.1 Å². The van der Waals surface area contributed by atoms with Crippen molar-refractivity contribution in [3.05, 3.63) is 6.33 Å². The summed E-state index contributed by atoms with van der Waals surface area (Å²) in [5.41, 5.74) is 6.60. The summed E-state index contributed by atoms with van der Waals surface area (Å²) in [7, 11) is 0. The molecule has 1 aromatic rings. The molecule has 1 aromatic heterocycles. The van der Waals surface area contributed by atoms with Crippen LogP contribution in [0.5, 0.6) is 5.88 Å². The van der Waals surface area contributed by atoms with Gasteiger partial charge in [0.2, 0.25) is 5.88 Å². The third-order valence-corrected chi connectivity index (χ3v) is 3.35. The van der Waals surface area contributed by atoms with Crippen molar-refractivity contribution in [1.29, 1.82) is 0 Å². The van der Waals surface area contributed by atoms with Gasteiger partial charge in [0.15, 0.2) is 5.82 Å². The lowest BCUT2D eigenvalue weighted by Crippen LogP contribution is -2.23. The standard InChI is InChI=1S/C14H24N4O/c1-10(2)8-19-14-12(15)13(16-9-17-14)18-11-6-4-3-5-7-11/h9-11H,3-8,15H2,1-2H3,(H,16,17,18). The number of rotatable bonds is 5. The van der Waals surface area contributed by atoms with Crippen molar-refractivity contribution in [3.8, 4) is 5.88 Å². The molecule has 0 atom stereocenters. The first-order valence-corrected chi connectivity index (χ1v) is 7.16. The Kier molecular flexibility index (Phi) is 4.82. The molecule has 1 fully saturated rings. The van der Waals surface area contributed by atoms with Gasteiger partial charge < -0.3 is 15.8 Å². The summed E-state index contributed by atoms with van der Waals surface area (Å²) in [6.45, 7) is 4.81. The van der Waals surface area contributed by atoms with Crippen molar-refractivity contribution in [2.75, 3.05) is 17.7 Å². The van der Waals surface area contributed by atoms with Gasteiger partial charge >= 0.3 is 0 Å². The fourth-order valence-corrected chi connectivity index (χ4v) is 2.30. The van der Waals surface area contributed by atoms with Gasteiger partial charge in [-0.3, -0.25) is 0 Å².